The summed E-state index contributed by atoms with van der Waals surface area (Å²) in [7, 11) is 1.39. The number of hydrogen-bond donors (Lipinski definition) is 0. The molecule has 1 aliphatic rings. The van der Waals surface area contributed by atoms with Gasteiger partial charge in [-0.15, -0.1) is 0 Å². The van der Waals surface area contributed by atoms with Crippen LogP contribution in [0.5, 0.6) is 0 Å². The van der Waals surface area contributed by atoms with Gasteiger partial charge < -0.3 is 14.4 Å². The zero-order chi connectivity index (χ0) is 16.4. The molecule has 0 spiro atoms. The van der Waals surface area contributed by atoms with E-state index in [0.29, 0.717) is 13.1 Å². The van der Waals surface area contributed by atoms with Crippen LogP contribution in [0, 0.1) is 0 Å². The number of amides is 1. The molecule has 1 heterocycles. The lowest BCUT2D eigenvalue weighted by molar-refractivity contribution is -0.147. The largest absolute Gasteiger partial charge is 0.468 e. The minimum absolute atomic E-state index is 0.0179. The number of hydrogen-bond acceptors (Lipinski definition) is 5. The molecule has 122 valence electrons. The molecule has 1 saturated heterocycles. The highest BCUT2D eigenvalue weighted by Crippen LogP contribution is 2.21. The first-order chi connectivity index (χ1) is 9.56. The second kappa shape index (κ2) is 6.64. The first kappa shape index (κ1) is 17.8. The van der Waals surface area contributed by atoms with E-state index in [0.717, 1.165) is 0 Å². The predicted octanol–water partition coefficient (Wildman–Crippen LogP) is 1.88. The molecule has 0 radical (unpaired) electrons. The van der Waals surface area contributed by atoms with Gasteiger partial charge in [-0.2, -0.15) is 0 Å². The first-order valence-electron chi connectivity index (χ1n) is 7.40. The minimum Gasteiger partial charge on any atom is -0.468 e. The van der Waals surface area contributed by atoms with Gasteiger partial charge in [0, 0.05) is 25.2 Å². The molecule has 0 aromatic carbocycles. The van der Waals surface area contributed by atoms with Crippen LogP contribution in [0.4, 0.5) is 4.79 Å². The second-order valence-electron chi connectivity index (χ2n) is 6.74. The Morgan fingerprint density at radius 2 is 1.62 bits per heavy atom. The lowest BCUT2D eigenvalue weighted by Crippen LogP contribution is -2.61. The van der Waals surface area contributed by atoms with Crippen LogP contribution in [0.1, 0.15) is 41.5 Å². The topological polar surface area (TPSA) is 59.1 Å². The Morgan fingerprint density at radius 3 is 2.00 bits per heavy atom. The Labute approximate surface area is 127 Å². The average Bonchev–Trinajstić information content (AvgIpc) is 2.33. The van der Waals surface area contributed by atoms with Crippen LogP contribution in [0.15, 0.2) is 0 Å². The number of piperazine rings is 1. The van der Waals surface area contributed by atoms with Gasteiger partial charge >= 0.3 is 12.1 Å². The Morgan fingerprint density at radius 1 is 1.14 bits per heavy atom. The van der Waals surface area contributed by atoms with Crippen molar-refractivity contribution in [3.8, 4) is 0 Å². The molecule has 1 aliphatic heterocycles. The monoisotopic (exact) mass is 300 g/mol. The molecule has 6 nitrogen and oxygen atoms in total. The summed E-state index contributed by atoms with van der Waals surface area (Å²) in [5.41, 5.74) is -0.507. The van der Waals surface area contributed by atoms with E-state index in [9.17, 15) is 9.59 Å². The van der Waals surface area contributed by atoms with E-state index >= 15 is 0 Å². The number of carbonyl (C=O) groups excluding carboxylic acids is 2. The molecule has 2 unspecified atom stereocenters. The summed E-state index contributed by atoms with van der Waals surface area (Å²) in [6.07, 6.45) is -0.298. The first-order valence-corrected chi connectivity index (χ1v) is 7.40. The zero-order valence-electron chi connectivity index (χ0n) is 14.2. The van der Waals surface area contributed by atoms with Crippen molar-refractivity contribution in [3.63, 3.8) is 0 Å². The van der Waals surface area contributed by atoms with Crippen LogP contribution >= 0.6 is 0 Å². The Hall–Kier alpha value is -1.30. The molecule has 0 aliphatic carbocycles. The summed E-state index contributed by atoms with van der Waals surface area (Å²) in [6.45, 7) is 12.6. The van der Waals surface area contributed by atoms with Crippen LogP contribution < -0.4 is 0 Å². The number of carbonyl (C=O) groups is 2. The molecule has 1 fully saturated rings. The lowest BCUT2D eigenvalue weighted by atomic mass is 10.1. The Balaban J connectivity index is 2.74. The van der Waals surface area contributed by atoms with Crippen molar-refractivity contribution in [3.05, 3.63) is 0 Å². The average molecular weight is 300 g/mol. The summed E-state index contributed by atoms with van der Waals surface area (Å²) in [5, 5.41) is 0. The van der Waals surface area contributed by atoms with Crippen LogP contribution in [-0.2, 0) is 14.3 Å². The van der Waals surface area contributed by atoms with E-state index in [4.69, 9.17) is 9.47 Å². The third kappa shape index (κ3) is 4.59. The van der Waals surface area contributed by atoms with Crippen LogP contribution in [0.3, 0.4) is 0 Å². The van der Waals surface area contributed by atoms with Gasteiger partial charge in [-0.25, -0.2) is 4.79 Å². The molecular weight excluding hydrogens is 272 g/mol. The molecule has 0 saturated carbocycles. The van der Waals surface area contributed by atoms with E-state index in [2.05, 4.69) is 0 Å². The standard InChI is InChI=1S/C15H28N2O4/c1-10-8-16(12(3)13(18)20-7)9-11(2)17(10)14(19)21-15(4,5)6/h10-12H,8-9H2,1-7H3/t10?,11?,12-/m0/s1. The fourth-order valence-corrected chi connectivity index (χ4v) is 2.67. The number of ether oxygens (including phenoxy) is 2. The highest BCUT2D eigenvalue weighted by Gasteiger charge is 2.38. The molecule has 0 aromatic rings. The van der Waals surface area contributed by atoms with Crippen molar-refractivity contribution < 1.29 is 19.1 Å². The van der Waals surface area contributed by atoms with Crippen molar-refractivity contribution >= 4 is 12.1 Å². The van der Waals surface area contributed by atoms with Crippen molar-refractivity contribution in [2.75, 3.05) is 20.2 Å². The Kier molecular flexibility index (Phi) is 5.61. The fourth-order valence-electron chi connectivity index (χ4n) is 2.67. The summed E-state index contributed by atoms with van der Waals surface area (Å²) in [5.74, 6) is -0.250. The highest BCUT2D eigenvalue weighted by molar-refractivity contribution is 5.75. The van der Waals surface area contributed by atoms with Gasteiger partial charge in [0.15, 0.2) is 0 Å². The summed E-state index contributed by atoms with van der Waals surface area (Å²) in [4.78, 5) is 27.8. The molecule has 0 N–H and O–H groups in total. The van der Waals surface area contributed by atoms with Crippen molar-refractivity contribution in [2.24, 2.45) is 0 Å². The molecule has 1 amide bonds. The third-order valence-electron chi connectivity index (χ3n) is 3.64. The van der Waals surface area contributed by atoms with E-state index in [1.165, 1.54) is 7.11 Å². The normalized spacial score (nSPS) is 25.4. The molecule has 1 rings (SSSR count). The van der Waals surface area contributed by atoms with Gasteiger partial charge in [0.25, 0.3) is 0 Å². The highest BCUT2D eigenvalue weighted by atomic mass is 16.6. The lowest BCUT2D eigenvalue weighted by Gasteiger charge is -2.45. The predicted molar refractivity (Wildman–Crippen MR) is 80.0 cm³/mol. The maximum atomic E-state index is 12.3. The third-order valence-corrected chi connectivity index (χ3v) is 3.64. The number of esters is 1. The zero-order valence-corrected chi connectivity index (χ0v) is 14.2. The quantitative estimate of drug-likeness (QED) is 0.729. The van der Waals surface area contributed by atoms with Gasteiger partial charge in [0.1, 0.15) is 11.6 Å². The van der Waals surface area contributed by atoms with E-state index < -0.39 is 5.60 Å². The summed E-state index contributed by atoms with van der Waals surface area (Å²) < 4.78 is 10.2. The van der Waals surface area contributed by atoms with Gasteiger partial charge in [0.2, 0.25) is 0 Å². The summed E-state index contributed by atoms with van der Waals surface area (Å²) in [6, 6.07) is -0.341. The second-order valence-corrected chi connectivity index (χ2v) is 6.74. The number of rotatable bonds is 2. The Bertz CT molecular complexity index is 380. The van der Waals surface area contributed by atoms with Gasteiger partial charge in [-0.1, -0.05) is 0 Å². The van der Waals surface area contributed by atoms with E-state index in [-0.39, 0.29) is 30.2 Å². The smallest absolute Gasteiger partial charge is 0.410 e. The fraction of sp³-hybridized carbons (Fsp3) is 0.867. The van der Waals surface area contributed by atoms with Crippen LogP contribution in [0.2, 0.25) is 0 Å². The van der Waals surface area contributed by atoms with Crippen LogP contribution in [-0.4, -0.2) is 65.8 Å². The molecule has 0 bridgehead atoms. The van der Waals surface area contributed by atoms with Gasteiger partial charge in [0.05, 0.1) is 7.11 Å². The minimum atomic E-state index is -0.507. The molecule has 3 atom stereocenters. The van der Waals surface area contributed by atoms with Crippen molar-refractivity contribution in [1.29, 1.82) is 0 Å². The van der Waals surface area contributed by atoms with Crippen molar-refractivity contribution in [2.45, 2.75) is 65.3 Å². The van der Waals surface area contributed by atoms with E-state index in [1.54, 1.807) is 4.90 Å². The molecule has 21 heavy (non-hydrogen) atoms. The number of nitrogens with zero attached hydrogens (tertiary/aromatic N) is 2. The van der Waals surface area contributed by atoms with Gasteiger partial charge in [-0.05, 0) is 41.5 Å². The maximum absolute atomic E-state index is 12.3. The van der Waals surface area contributed by atoms with Crippen molar-refractivity contribution in [1.82, 2.24) is 9.80 Å². The maximum Gasteiger partial charge on any atom is 0.410 e. The van der Waals surface area contributed by atoms with E-state index in [1.807, 2.05) is 46.4 Å². The molecule has 0 aromatic heterocycles. The van der Waals surface area contributed by atoms with Gasteiger partial charge in [-0.3, -0.25) is 9.69 Å². The summed E-state index contributed by atoms with van der Waals surface area (Å²) >= 11 is 0. The van der Waals surface area contributed by atoms with Crippen LogP contribution in [0.25, 0.3) is 0 Å². The SMILES string of the molecule is COC(=O)[C@H](C)N1CC(C)N(C(=O)OC(C)(C)C)C(C)C1. The molecule has 6 heteroatoms. The molecular formula is C15H28N2O4. The number of methoxy groups -OCH3 is 1.